The summed E-state index contributed by atoms with van der Waals surface area (Å²) in [6.07, 6.45) is 2.75. The van der Waals surface area contributed by atoms with Gasteiger partial charge in [-0.05, 0) is 63.3 Å². The Balaban J connectivity index is 1.59. The molecule has 2 aromatic carbocycles. The van der Waals surface area contributed by atoms with Gasteiger partial charge in [0, 0.05) is 24.7 Å². The molecule has 1 atom stereocenters. The van der Waals surface area contributed by atoms with E-state index in [4.69, 9.17) is 0 Å². The Labute approximate surface area is 163 Å². The molecule has 1 heterocycles. The number of rotatable bonds is 5. The molecule has 2 aromatic rings. The fourth-order valence-corrected chi connectivity index (χ4v) is 4.06. The smallest absolute Gasteiger partial charge is 0.223 e. The van der Waals surface area contributed by atoms with E-state index in [1.807, 2.05) is 0 Å². The fourth-order valence-electron chi connectivity index (χ4n) is 4.06. The van der Waals surface area contributed by atoms with Crippen LogP contribution in [0.15, 0.2) is 42.5 Å². The van der Waals surface area contributed by atoms with E-state index in [-0.39, 0.29) is 17.9 Å². The van der Waals surface area contributed by atoms with Gasteiger partial charge in [0.15, 0.2) is 0 Å². The minimum atomic E-state index is 0.105. The summed E-state index contributed by atoms with van der Waals surface area (Å²) >= 11 is 0. The lowest BCUT2D eigenvalue weighted by atomic mass is 9.93. The third-order valence-electron chi connectivity index (χ3n) is 5.79. The first-order valence-corrected chi connectivity index (χ1v) is 10.2. The van der Waals surface area contributed by atoms with Crippen molar-refractivity contribution < 1.29 is 4.79 Å². The number of nitrogens with zero attached hydrogens (tertiary/aromatic N) is 1. The van der Waals surface area contributed by atoms with Crippen molar-refractivity contribution in [3.63, 3.8) is 0 Å². The topological polar surface area (TPSA) is 32.3 Å². The zero-order valence-electron chi connectivity index (χ0n) is 17.1. The Morgan fingerprint density at radius 2 is 1.67 bits per heavy atom. The molecule has 3 nitrogen and oxygen atoms in total. The zero-order chi connectivity index (χ0) is 19.4. The van der Waals surface area contributed by atoms with Gasteiger partial charge in [0.05, 0.1) is 6.04 Å². The first-order valence-electron chi connectivity index (χ1n) is 10.2. The molecule has 1 amide bonds. The van der Waals surface area contributed by atoms with E-state index in [1.54, 1.807) is 0 Å². The first kappa shape index (κ1) is 19.5. The number of carbonyl (C=O) groups is 1. The van der Waals surface area contributed by atoms with Gasteiger partial charge in [-0.2, -0.15) is 0 Å². The predicted octanol–water partition coefficient (Wildman–Crippen LogP) is 5.10. The maximum absolute atomic E-state index is 12.9. The molecule has 0 saturated carbocycles. The van der Waals surface area contributed by atoms with E-state index in [0.29, 0.717) is 0 Å². The highest BCUT2D eigenvalue weighted by atomic mass is 16.1. The number of hydrogen-bond donors (Lipinski definition) is 1. The number of aryl methyl sites for hydroxylation is 3. The third-order valence-corrected chi connectivity index (χ3v) is 5.79. The zero-order valence-corrected chi connectivity index (χ0v) is 17.1. The molecule has 1 N–H and O–H groups in total. The van der Waals surface area contributed by atoms with E-state index in [1.165, 1.54) is 27.9 Å². The number of amides is 1. The third kappa shape index (κ3) is 4.71. The fraction of sp³-hybridized carbons (Fsp3) is 0.458. The summed E-state index contributed by atoms with van der Waals surface area (Å²) in [5, 5.41) is 3.32. The summed E-state index contributed by atoms with van der Waals surface area (Å²) in [6.45, 7) is 10.4. The van der Waals surface area contributed by atoms with E-state index in [2.05, 4.69) is 80.4 Å². The van der Waals surface area contributed by atoms with Crippen molar-refractivity contribution in [2.24, 2.45) is 5.92 Å². The van der Waals surface area contributed by atoms with E-state index in [0.717, 1.165) is 32.4 Å². The number of anilines is 1. The molecule has 1 fully saturated rings. The van der Waals surface area contributed by atoms with Crippen LogP contribution in [0.5, 0.6) is 0 Å². The van der Waals surface area contributed by atoms with E-state index >= 15 is 0 Å². The molecule has 144 valence electrons. The molecule has 0 spiro atoms. The summed E-state index contributed by atoms with van der Waals surface area (Å²) in [5.41, 5.74) is 6.32. The van der Waals surface area contributed by atoms with Crippen molar-refractivity contribution in [2.45, 2.75) is 53.0 Å². The molecular formula is C24H32N2O. The molecule has 0 unspecified atom stereocenters. The van der Waals surface area contributed by atoms with Crippen LogP contribution in [0.3, 0.4) is 0 Å². The van der Waals surface area contributed by atoms with E-state index < -0.39 is 0 Å². The molecule has 3 rings (SSSR count). The molecular weight excluding hydrogens is 332 g/mol. The van der Waals surface area contributed by atoms with Crippen LogP contribution in [0.1, 0.15) is 54.5 Å². The van der Waals surface area contributed by atoms with Crippen molar-refractivity contribution >= 4 is 11.6 Å². The Kier molecular flexibility index (Phi) is 6.20. The van der Waals surface area contributed by atoms with Crippen LogP contribution in [0.4, 0.5) is 5.69 Å². The summed E-state index contributed by atoms with van der Waals surface area (Å²) in [6, 6.07) is 15.3. The monoisotopic (exact) mass is 364 g/mol. The van der Waals surface area contributed by atoms with Crippen LogP contribution < -0.4 is 10.2 Å². The lowest BCUT2D eigenvalue weighted by Crippen LogP contribution is -2.41. The maximum Gasteiger partial charge on any atom is 0.223 e. The Morgan fingerprint density at radius 3 is 2.26 bits per heavy atom. The van der Waals surface area contributed by atoms with Gasteiger partial charge in [-0.3, -0.25) is 4.79 Å². The van der Waals surface area contributed by atoms with Gasteiger partial charge in [0.1, 0.15) is 0 Å². The van der Waals surface area contributed by atoms with Crippen molar-refractivity contribution in [3.8, 4) is 0 Å². The number of piperidine rings is 1. The van der Waals surface area contributed by atoms with Crippen molar-refractivity contribution in [1.82, 2.24) is 5.32 Å². The quantitative estimate of drug-likeness (QED) is 0.801. The van der Waals surface area contributed by atoms with Gasteiger partial charge in [0.25, 0.3) is 0 Å². The molecule has 1 aliphatic rings. The van der Waals surface area contributed by atoms with Gasteiger partial charge in [0.2, 0.25) is 5.91 Å². The number of benzene rings is 2. The molecule has 3 heteroatoms. The van der Waals surface area contributed by atoms with Crippen LogP contribution in [0.2, 0.25) is 0 Å². The number of carbonyl (C=O) groups excluding carboxylic acids is 1. The molecule has 0 aromatic heterocycles. The van der Waals surface area contributed by atoms with Crippen LogP contribution in [0.25, 0.3) is 0 Å². The van der Waals surface area contributed by atoms with Gasteiger partial charge in [-0.15, -0.1) is 0 Å². The van der Waals surface area contributed by atoms with E-state index in [9.17, 15) is 4.79 Å². The second-order valence-corrected chi connectivity index (χ2v) is 7.93. The second-order valence-electron chi connectivity index (χ2n) is 7.93. The second kappa shape index (κ2) is 8.60. The average Bonchev–Trinajstić information content (AvgIpc) is 2.67. The highest BCUT2D eigenvalue weighted by Crippen LogP contribution is 2.26. The molecule has 1 aliphatic heterocycles. The lowest BCUT2D eigenvalue weighted by molar-refractivity contribution is -0.126. The molecule has 0 aliphatic carbocycles. The van der Waals surface area contributed by atoms with Gasteiger partial charge >= 0.3 is 0 Å². The molecule has 0 bridgehead atoms. The normalized spacial score (nSPS) is 16.2. The van der Waals surface area contributed by atoms with Crippen LogP contribution >= 0.6 is 0 Å². The lowest BCUT2D eigenvalue weighted by Gasteiger charge is -2.34. The largest absolute Gasteiger partial charge is 0.371 e. The standard InChI is InChI=1S/C24H32N2O/c1-5-23(22-11-8-18(3)16-19(22)4)25-24(27)20-12-14-26(15-13-20)21-9-6-17(2)7-10-21/h6-11,16,20,23H,5,12-15H2,1-4H3,(H,25,27)/t23-/m1/s1. The Hall–Kier alpha value is -2.29. The minimum absolute atomic E-state index is 0.105. The van der Waals surface area contributed by atoms with Crippen molar-refractivity contribution in [2.75, 3.05) is 18.0 Å². The molecule has 1 saturated heterocycles. The Bertz CT molecular complexity index is 773. The van der Waals surface area contributed by atoms with Gasteiger partial charge in [-0.25, -0.2) is 0 Å². The first-order chi connectivity index (χ1) is 13.0. The maximum atomic E-state index is 12.9. The minimum Gasteiger partial charge on any atom is -0.371 e. The highest BCUT2D eigenvalue weighted by molar-refractivity contribution is 5.79. The average molecular weight is 365 g/mol. The molecule has 0 radical (unpaired) electrons. The molecule has 27 heavy (non-hydrogen) atoms. The summed E-state index contributed by atoms with van der Waals surface area (Å²) < 4.78 is 0. The summed E-state index contributed by atoms with van der Waals surface area (Å²) in [4.78, 5) is 15.3. The van der Waals surface area contributed by atoms with Gasteiger partial charge in [-0.1, -0.05) is 48.4 Å². The summed E-state index contributed by atoms with van der Waals surface area (Å²) in [7, 11) is 0. The van der Waals surface area contributed by atoms with Crippen LogP contribution in [-0.2, 0) is 4.79 Å². The number of nitrogens with one attached hydrogen (secondary N) is 1. The van der Waals surface area contributed by atoms with Crippen molar-refractivity contribution in [3.05, 3.63) is 64.7 Å². The summed E-state index contributed by atoms with van der Waals surface area (Å²) in [5.74, 6) is 0.330. The highest BCUT2D eigenvalue weighted by Gasteiger charge is 2.27. The Morgan fingerprint density at radius 1 is 1.04 bits per heavy atom. The number of hydrogen-bond acceptors (Lipinski definition) is 2. The van der Waals surface area contributed by atoms with Crippen LogP contribution in [0, 0.1) is 26.7 Å². The predicted molar refractivity (Wildman–Crippen MR) is 113 cm³/mol. The van der Waals surface area contributed by atoms with Crippen molar-refractivity contribution in [1.29, 1.82) is 0 Å². The van der Waals surface area contributed by atoms with Gasteiger partial charge < -0.3 is 10.2 Å². The van der Waals surface area contributed by atoms with Crippen LogP contribution in [-0.4, -0.2) is 19.0 Å². The SMILES string of the molecule is CC[C@@H](NC(=O)C1CCN(c2ccc(C)cc2)CC1)c1ccc(C)cc1C.